The van der Waals surface area contributed by atoms with Gasteiger partial charge in [-0.3, -0.25) is 9.59 Å². The predicted octanol–water partition coefficient (Wildman–Crippen LogP) is 1.93. The standard InChI is InChI=1S/C25H27N5O5S/c1-4-29(2)36(33,34)25(10-11-25)16-35-23-21-19(9-12-27-23)13-20(24(32)30(21)3)22(31)28-15-18-7-5-17(14-26)6-8-18/h5-9,12-13H,4,10-11,15-16H2,1-3H3,(H,28,31). The Morgan fingerprint density at radius 2 is 1.97 bits per heavy atom. The van der Waals surface area contributed by atoms with Gasteiger partial charge in [-0.05, 0) is 42.7 Å². The summed E-state index contributed by atoms with van der Waals surface area (Å²) >= 11 is 0. The van der Waals surface area contributed by atoms with Crippen molar-refractivity contribution in [2.45, 2.75) is 31.1 Å². The van der Waals surface area contributed by atoms with Crippen LogP contribution in [0.25, 0.3) is 10.9 Å². The smallest absolute Gasteiger partial charge is 0.263 e. The first-order valence-corrected chi connectivity index (χ1v) is 12.9. The number of hydrogen-bond donors (Lipinski definition) is 1. The van der Waals surface area contributed by atoms with Gasteiger partial charge < -0.3 is 14.6 Å². The van der Waals surface area contributed by atoms with E-state index in [0.29, 0.717) is 35.9 Å². The number of amides is 1. The van der Waals surface area contributed by atoms with Crippen LogP contribution in [0, 0.1) is 11.3 Å². The average Bonchev–Trinajstić information content (AvgIpc) is 3.69. The van der Waals surface area contributed by atoms with Crippen LogP contribution >= 0.6 is 0 Å². The molecule has 0 bridgehead atoms. The lowest BCUT2D eigenvalue weighted by atomic mass is 10.1. The van der Waals surface area contributed by atoms with Crippen LogP contribution in [0.4, 0.5) is 0 Å². The van der Waals surface area contributed by atoms with E-state index in [9.17, 15) is 18.0 Å². The molecule has 36 heavy (non-hydrogen) atoms. The molecular weight excluding hydrogens is 482 g/mol. The zero-order valence-electron chi connectivity index (χ0n) is 20.3. The molecule has 1 fully saturated rings. The van der Waals surface area contributed by atoms with Crippen LogP contribution in [0.15, 0.2) is 47.4 Å². The Morgan fingerprint density at radius 3 is 2.58 bits per heavy atom. The van der Waals surface area contributed by atoms with Crippen molar-refractivity contribution >= 4 is 26.8 Å². The van der Waals surface area contributed by atoms with Gasteiger partial charge in [-0.1, -0.05) is 19.1 Å². The number of pyridine rings is 2. The zero-order valence-corrected chi connectivity index (χ0v) is 21.1. The number of aromatic nitrogens is 2. The van der Waals surface area contributed by atoms with Crippen LogP contribution in [0.3, 0.4) is 0 Å². The van der Waals surface area contributed by atoms with Gasteiger partial charge in [-0.2, -0.15) is 5.26 Å². The molecule has 0 aliphatic heterocycles. The number of carbonyl (C=O) groups is 1. The molecule has 188 valence electrons. The number of ether oxygens (including phenoxy) is 1. The van der Waals surface area contributed by atoms with Crippen LogP contribution in [0.2, 0.25) is 0 Å². The molecule has 3 aromatic rings. The number of sulfonamides is 1. The summed E-state index contributed by atoms with van der Waals surface area (Å²) in [5.74, 6) is -0.399. The summed E-state index contributed by atoms with van der Waals surface area (Å²) in [6.07, 6.45) is 2.48. The second kappa shape index (κ2) is 9.72. The fourth-order valence-corrected chi connectivity index (χ4v) is 5.79. The first kappa shape index (κ1) is 25.3. The number of aryl methyl sites for hydroxylation is 1. The van der Waals surface area contributed by atoms with E-state index in [1.165, 1.54) is 28.2 Å². The SMILES string of the molecule is CCN(C)S(=O)(=O)C1(COc2nccc3cc(C(=O)NCc4ccc(C#N)cc4)c(=O)n(C)c23)CC1. The van der Waals surface area contributed by atoms with Crippen molar-refractivity contribution in [3.05, 3.63) is 69.6 Å². The van der Waals surface area contributed by atoms with Gasteiger partial charge in [0.1, 0.15) is 22.4 Å². The molecule has 2 aromatic heterocycles. The van der Waals surface area contributed by atoms with E-state index in [4.69, 9.17) is 10.00 Å². The summed E-state index contributed by atoms with van der Waals surface area (Å²) in [4.78, 5) is 30.1. The highest BCUT2D eigenvalue weighted by Crippen LogP contribution is 2.45. The molecule has 1 saturated carbocycles. The third-order valence-corrected chi connectivity index (χ3v) is 9.25. The number of benzene rings is 1. The highest BCUT2D eigenvalue weighted by molar-refractivity contribution is 7.90. The molecule has 1 aliphatic carbocycles. The average molecular weight is 510 g/mol. The van der Waals surface area contributed by atoms with Crippen LogP contribution in [-0.2, 0) is 23.6 Å². The molecule has 1 amide bonds. The van der Waals surface area contributed by atoms with Crippen molar-refractivity contribution in [1.29, 1.82) is 5.26 Å². The van der Waals surface area contributed by atoms with Gasteiger partial charge in [0.15, 0.2) is 0 Å². The second-order valence-corrected chi connectivity index (χ2v) is 11.3. The van der Waals surface area contributed by atoms with Gasteiger partial charge in [0, 0.05) is 38.8 Å². The molecule has 11 heteroatoms. The van der Waals surface area contributed by atoms with Crippen molar-refractivity contribution in [3.8, 4) is 11.9 Å². The molecule has 10 nitrogen and oxygen atoms in total. The molecule has 0 unspecified atom stereocenters. The number of nitrogens with one attached hydrogen (secondary N) is 1. The van der Waals surface area contributed by atoms with E-state index in [1.54, 1.807) is 44.3 Å². The molecule has 2 heterocycles. The van der Waals surface area contributed by atoms with Crippen molar-refractivity contribution in [1.82, 2.24) is 19.2 Å². The molecule has 0 saturated heterocycles. The lowest BCUT2D eigenvalue weighted by molar-refractivity contribution is 0.0949. The predicted molar refractivity (Wildman–Crippen MR) is 134 cm³/mol. The maximum absolute atomic E-state index is 13.1. The topological polar surface area (TPSA) is 134 Å². The fourth-order valence-electron chi connectivity index (χ4n) is 3.96. The minimum absolute atomic E-state index is 0.0402. The Morgan fingerprint density at radius 1 is 1.28 bits per heavy atom. The monoisotopic (exact) mass is 509 g/mol. The van der Waals surface area contributed by atoms with E-state index < -0.39 is 26.2 Å². The number of hydrogen-bond acceptors (Lipinski definition) is 7. The second-order valence-electron chi connectivity index (χ2n) is 8.86. The summed E-state index contributed by atoms with van der Waals surface area (Å²) in [5, 5.41) is 12.2. The van der Waals surface area contributed by atoms with Crippen molar-refractivity contribution in [3.63, 3.8) is 0 Å². The van der Waals surface area contributed by atoms with E-state index in [-0.39, 0.29) is 24.6 Å². The Kier molecular flexibility index (Phi) is 6.84. The van der Waals surface area contributed by atoms with Gasteiger partial charge in [0.05, 0.1) is 11.6 Å². The Bertz CT molecular complexity index is 1520. The highest BCUT2D eigenvalue weighted by Gasteiger charge is 2.57. The van der Waals surface area contributed by atoms with Crippen LogP contribution in [0.1, 0.15) is 41.3 Å². The molecule has 1 N–H and O–H groups in total. The van der Waals surface area contributed by atoms with Gasteiger partial charge in [0.25, 0.3) is 11.5 Å². The maximum Gasteiger partial charge on any atom is 0.263 e. The van der Waals surface area contributed by atoms with E-state index in [2.05, 4.69) is 10.3 Å². The zero-order chi connectivity index (χ0) is 26.1. The third kappa shape index (κ3) is 4.57. The molecule has 1 aromatic carbocycles. The summed E-state index contributed by atoms with van der Waals surface area (Å²) in [6.45, 7) is 2.25. The van der Waals surface area contributed by atoms with Gasteiger partial charge >= 0.3 is 0 Å². The summed E-state index contributed by atoms with van der Waals surface area (Å²) < 4.78 is 33.3. The first-order valence-electron chi connectivity index (χ1n) is 11.5. The Labute approximate surface area is 209 Å². The van der Waals surface area contributed by atoms with Crippen LogP contribution < -0.4 is 15.6 Å². The summed E-state index contributed by atoms with van der Waals surface area (Å²) in [6, 6.07) is 12.0. The van der Waals surface area contributed by atoms with Crippen LogP contribution in [-0.4, -0.2) is 53.1 Å². The van der Waals surface area contributed by atoms with Crippen LogP contribution in [0.5, 0.6) is 5.88 Å². The van der Waals surface area contributed by atoms with Crippen molar-refractivity contribution in [2.24, 2.45) is 7.05 Å². The van der Waals surface area contributed by atoms with Crippen molar-refractivity contribution < 1.29 is 17.9 Å². The Hall–Kier alpha value is -3.75. The third-order valence-electron chi connectivity index (χ3n) is 6.56. The molecule has 4 rings (SSSR count). The largest absolute Gasteiger partial charge is 0.474 e. The van der Waals surface area contributed by atoms with E-state index >= 15 is 0 Å². The number of carbonyl (C=O) groups excluding carboxylic acids is 1. The number of rotatable bonds is 9. The molecular formula is C25H27N5O5S. The maximum atomic E-state index is 13.1. The molecule has 0 spiro atoms. The fraction of sp³-hybridized carbons (Fsp3) is 0.360. The first-order chi connectivity index (χ1) is 17.1. The normalized spacial score (nSPS) is 14.4. The minimum Gasteiger partial charge on any atom is -0.474 e. The molecule has 0 atom stereocenters. The number of nitriles is 1. The Balaban J connectivity index is 1.57. The van der Waals surface area contributed by atoms with Gasteiger partial charge in [0.2, 0.25) is 15.9 Å². The molecule has 1 aliphatic rings. The quantitative estimate of drug-likeness (QED) is 0.466. The van der Waals surface area contributed by atoms with Gasteiger partial charge in [-0.25, -0.2) is 17.7 Å². The lowest BCUT2D eigenvalue weighted by Gasteiger charge is -2.23. The van der Waals surface area contributed by atoms with E-state index in [0.717, 1.165) is 5.56 Å². The molecule has 0 radical (unpaired) electrons. The van der Waals surface area contributed by atoms with Crippen molar-refractivity contribution in [2.75, 3.05) is 20.2 Å². The lowest BCUT2D eigenvalue weighted by Crippen LogP contribution is -2.41. The highest BCUT2D eigenvalue weighted by atomic mass is 32.2. The summed E-state index contributed by atoms with van der Waals surface area (Å²) in [7, 11) is -0.463. The number of fused-ring (bicyclic) bond motifs is 1. The van der Waals surface area contributed by atoms with Gasteiger partial charge in [-0.15, -0.1) is 0 Å². The van der Waals surface area contributed by atoms with E-state index in [1.807, 2.05) is 6.07 Å². The minimum atomic E-state index is -3.53. The summed E-state index contributed by atoms with van der Waals surface area (Å²) in [5.41, 5.74) is 1.11. The number of nitrogens with zero attached hydrogens (tertiary/aromatic N) is 4.